The van der Waals surface area contributed by atoms with Crippen LogP contribution in [0, 0.1) is 5.41 Å². The lowest BCUT2D eigenvalue weighted by atomic mass is 9.72. The molecule has 0 aliphatic heterocycles. The fourth-order valence-electron chi connectivity index (χ4n) is 6.79. The summed E-state index contributed by atoms with van der Waals surface area (Å²) in [6.45, 7) is 13.8. The summed E-state index contributed by atoms with van der Waals surface area (Å²) in [7, 11) is 0. The lowest BCUT2D eigenvalue weighted by molar-refractivity contribution is -0.142. The molecule has 2 heteroatoms. The summed E-state index contributed by atoms with van der Waals surface area (Å²) in [6, 6.07) is 0. The van der Waals surface area contributed by atoms with Gasteiger partial charge in [0.25, 0.3) is 0 Å². The van der Waals surface area contributed by atoms with Crippen LogP contribution < -0.4 is 0 Å². The molecular formula is C46H78O2. The average Bonchev–Trinajstić information content (AvgIpc) is 3.04. The Kier molecular flexibility index (Phi) is 27.3. The molecule has 0 radical (unpaired) electrons. The zero-order valence-electron chi connectivity index (χ0n) is 32.8. The van der Waals surface area contributed by atoms with Gasteiger partial charge in [-0.2, -0.15) is 0 Å². The van der Waals surface area contributed by atoms with Crippen molar-refractivity contribution in [2.75, 3.05) is 6.61 Å². The molecule has 1 aliphatic carbocycles. The largest absolute Gasteiger partial charge is 0.461 e. The first-order valence-electron chi connectivity index (χ1n) is 20.5. The number of unbranched alkanes of at least 4 members (excludes halogenated alkanes) is 19. The van der Waals surface area contributed by atoms with Crippen molar-refractivity contribution in [2.45, 2.75) is 202 Å². The second kappa shape index (κ2) is 29.8. The number of carbonyl (C=O) groups is 1. The van der Waals surface area contributed by atoms with Gasteiger partial charge in [-0.25, -0.2) is 0 Å². The summed E-state index contributed by atoms with van der Waals surface area (Å²) in [5.41, 5.74) is 5.65. The summed E-state index contributed by atoms with van der Waals surface area (Å²) in [5.74, 6) is -0.0712. The van der Waals surface area contributed by atoms with Crippen LogP contribution in [0.4, 0.5) is 0 Å². The molecule has 0 fully saturated rings. The van der Waals surface area contributed by atoms with Crippen molar-refractivity contribution < 1.29 is 9.53 Å². The zero-order chi connectivity index (χ0) is 35.1. The molecule has 0 aromatic heterocycles. The van der Waals surface area contributed by atoms with Crippen LogP contribution in [0.1, 0.15) is 202 Å². The van der Waals surface area contributed by atoms with E-state index in [1.807, 2.05) is 6.08 Å². The molecule has 2 nitrogen and oxygen atoms in total. The van der Waals surface area contributed by atoms with Crippen LogP contribution in [0.25, 0.3) is 0 Å². The number of hydrogen-bond acceptors (Lipinski definition) is 2. The number of esters is 1. The average molecular weight is 663 g/mol. The molecule has 1 aliphatic rings. The summed E-state index contributed by atoms with van der Waals surface area (Å²) in [6.07, 6.45) is 50.1. The Hall–Kier alpha value is -2.09. The summed E-state index contributed by atoms with van der Waals surface area (Å²) >= 11 is 0. The van der Waals surface area contributed by atoms with Crippen molar-refractivity contribution in [2.24, 2.45) is 5.41 Å². The molecule has 0 atom stereocenters. The van der Waals surface area contributed by atoms with Gasteiger partial charge in [-0.3, -0.25) is 4.79 Å². The molecule has 0 spiro atoms. The molecule has 0 N–H and O–H groups in total. The normalized spacial score (nSPS) is 15.9. The molecule has 0 bridgehead atoms. The Morgan fingerprint density at radius 1 is 0.708 bits per heavy atom. The van der Waals surface area contributed by atoms with E-state index in [0.717, 1.165) is 18.4 Å². The maximum atomic E-state index is 12.1. The number of ether oxygens (including phenoxy) is 1. The zero-order valence-corrected chi connectivity index (χ0v) is 32.8. The first-order valence-corrected chi connectivity index (χ1v) is 20.5. The van der Waals surface area contributed by atoms with Gasteiger partial charge in [0.2, 0.25) is 0 Å². The van der Waals surface area contributed by atoms with Gasteiger partial charge < -0.3 is 4.74 Å². The Balaban J connectivity index is 1.95. The smallest absolute Gasteiger partial charge is 0.306 e. The molecule has 0 unspecified atom stereocenters. The quantitative estimate of drug-likeness (QED) is 0.0345. The molecule has 1 rings (SSSR count). The van der Waals surface area contributed by atoms with Crippen LogP contribution in [0.15, 0.2) is 70.9 Å². The van der Waals surface area contributed by atoms with Crippen molar-refractivity contribution in [3.63, 3.8) is 0 Å². The summed E-state index contributed by atoms with van der Waals surface area (Å²) < 4.78 is 5.44. The van der Waals surface area contributed by atoms with E-state index in [1.54, 1.807) is 0 Å². The predicted octanol–water partition coefficient (Wildman–Crippen LogP) is 15.2. The third-order valence-electron chi connectivity index (χ3n) is 10.1. The SMILES string of the molecule is CCCCCCCCCC/C=C\CCCCCCCCCCCCCC(=O)OC/C=C(C)/C=C/C=C(C)/C=C/C1=C(C)CCCC1(C)C. The number of hydrogen-bond donors (Lipinski definition) is 0. The van der Waals surface area contributed by atoms with Gasteiger partial charge in [0.05, 0.1) is 0 Å². The second-order valence-corrected chi connectivity index (χ2v) is 15.3. The van der Waals surface area contributed by atoms with E-state index < -0.39 is 0 Å². The van der Waals surface area contributed by atoms with Crippen molar-refractivity contribution in [3.8, 4) is 0 Å². The van der Waals surface area contributed by atoms with Gasteiger partial charge in [0, 0.05) is 6.42 Å². The molecule has 0 aromatic rings. The van der Waals surface area contributed by atoms with E-state index in [2.05, 4.69) is 84.1 Å². The maximum Gasteiger partial charge on any atom is 0.306 e. The number of allylic oxidation sites excluding steroid dienone is 11. The Morgan fingerprint density at radius 3 is 1.77 bits per heavy atom. The fraction of sp³-hybridized carbons (Fsp3) is 0.717. The van der Waals surface area contributed by atoms with E-state index >= 15 is 0 Å². The molecular weight excluding hydrogens is 585 g/mol. The van der Waals surface area contributed by atoms with E-state index in [-0.39, 0.29) is 11.4 Å². The lowest BCUT2D eigenvalue weighted by Crippen LogP contribution is -2.19. The topological polar surface area (TPSA) is 26.3 Å². The minimum Gasteiger partial charge on any atom is -0.461 e. The van der Waals surface area contributed by atoms with Gasteiger partial charge in [0.1, 0.15) is 6.61 Å². The lowest BCUT2D eigenvalue weighted by Gasteiger charge is -2.32. The predicted molar refractivity (Wildman–Crippen MR) is 213 cm³/mol. The van der Waals surface area contributed by atoms with Crippen LogP contribution in [0.5, 0.6) is 0 Å². The van der Waals surface area contributed by atoms with Gasteiger partial charge >= 0.3 is 5.97 Å². The highest BCUT2D eigenvalue weighted by Gasteiger charge is 2.26. The number of rotatable bonds is 29. The van der Waals surface area contributed by atoms with Crippen LogP contribution >= 0.6 is 0 Å². The molecule has 0 saturated carbocycles. The van der Waals surface area contributed by atoms with E-state index in [4.69, 9.17) is 4.74 Å². The van der Waals surface area contributed by atoms with E-state index in [0.29, 0.717) is 13.0 Å². The summed E-state index contributed by atoms with van der Waals surface area (Å²) in [4.78, 5) is 12.1. The second-order valence-electron chi connectivity index (χ2n) is 15.3. The molecule has 0 aromatic carbocycles. The van der Waals surface area contributed by atoms with E-state index in [9.17, 15) is 4.79 Å². The molecule has 0 amide bonds. The highest BCUT2D eigenvalue weighted by Crippen LogP contribution is 2.40. The van der Waals surface area contributed by atoms with Crippen LogP contribution in [-0.4, -0.2) is 12.6 Å². The highest BCUT2D eigenvalue weighted by molar-refractivity contribution is 5.69. The highest BCUT2D eigenvalue weighted by atomic mass is 16.5. The van der Waals surface area contributed by atoms with E-state index in [1.165, 1.54) is 158 Å². The third-order valence-corrected chi connectivity index (χ3v) is 10.1. The minimum absolute atomic E-state index is 0.0712. The Bertz CT molecular complexity index is 999. The third kappa shape index (κ3) is 25.0. The minimum atomic E-state index is -0.0712. The van der Waals surface area contributed by atoms with Crippen LogP contribution in [-0.2, 0) is 9.53 Å². The van der Waals surface area contributed by atoms with Crippen molar-refractivity contribution in [1.82, 2.24) is 0 Å². The Morgan fingerprint density at radius 2 is 1.23 bits per heavy atom. The Labute approximate surface area is 299 Å². The van der Waals surface area contributed by atoms with Crippen LogP contribution in [0.3, 0.4) is 0 Å². The monoisotopic (exact) mass is 663 g/mol. The molecule has 48 heavy (non-hydrogen) atoms. The summed E-state index contributed by atoms with van der Waals surface area (Å²) in [5, 5.41) is 0. The number of carbonyl (C=O) groups excluding carboxylic acids is 1. The first kappa shape index (κ1) is 43.9. The van der Waals surface area contributed by atoms with Gasteiger partial charge in [-0.1, -0.05) is 183 Å². The first-order chi connectivity index (χ1) is 23.3. The van der Waals surface area contributed by atoms with Gasteiger partial charge in [0.15, 0.2) is 0 Å². The standard InChI is InChI=1S/C46H78O2/c1-7-8-9-10-11-12-13-14-15-16-17-18-19-20-21-22-23-24-25-26-27-28-29-35-45(47)48-40-38-42(3)33-30-32-41(2)36-37-44-43(4)34-31-39-46(44,5)6/h16-17,30,32-33,36-38H,7-15,18-29,31,34-35,39-40H2,1-6H3/b17-16-,33-30+,37-36+,41-32+,42-38+. The molecule has 274 valence electrons. The van der Waals surface area contributed by atoms with Gasteiger partial charge in [-0.05, 0) is 89.2 Å². The molecule has 0 saturated heterocycles. The van der Waals surface area contributed by atoms with Crippen molar-refractivity contribution in [3.05, 3.63) is 70.9 Å². The van der Waals surface area contributed by atoms with Crippen LogP contribution in [0.2, 0.25) is 0 Å². The van der Waals surface area contributed by atoms with Crippen molar-refractivity contribution in [1.29, 1.82) is 0 Å². The van der Waals surface area contributed by atoms with Gasteiger partial charge in [-0.15, -0.1) is 0 Å². The molecule has 0 heterocycles. The van der Waals surface area contributed by atoms with Crippen molar-refractivity contribution >= 4 is 5.97 Å². The maximum absolute atomic E-state index is 12.1. The fourth-order valence-corrected chi connectivity index (χ4v) is 6.79.